The van der Waals surface area contributed by atoms with Gasteiger partial charge in [0, 0.05) is 12.1 Å². The lowest BCUT2D eigenvalue weighted by atomic mass is 9.91. The summed E-state index contributed by atoms with van der Waals surface area (Å²) in [6, 6.07) is 0. The zero-order valence-electron chi connectivity index (χ0n) is 6.25. The second-order valence-electron chi connectivity index (χ2n) is 2.85. The molecule has 1 aliphatic rings. The molecule has 1 N–H and O–H groups in total. The smallest absolute Gasteiger partial charge is 0.0470 e. The van der Waals surface area contributed by atoms with Gasteiger partial charge >= 0.3 is 0 Å². The second kappa shape index (κ2) is 3.40. The van der Waals surface area contributed by atoms with Crippen LogP contribution in [0.25, 0.3) is 0 Å². The Morgan fingerprint density at radius 3 is 3.10 bits per heavy atom. The molecular formula is C8H13NO. The molecule has 0 aliphatic heterocycles. The van der Waals surface area contributed by atoms with E-state index in [1.165, 1.54) is 5.57 Å². The Labute approximate surface area is 61.2 Å². The largest absolute Gasteiger partial charge is 0.411 e. The van der Waals surface area contributed by atoms with Gasteiger partial charge in [-0.05, 0) is 26.2 Å². The van der Waals surface area contributed by atoms with Gasteiger partial charge in [-0.2, -0.15) is 0 Å². The Kier molecular flexibility index (Phi) is 2.49. The van der Waals surface area contributed by atoms with E-state index in [4.69, 9.17) is 5.21 Å². The van der Waals surface area contributed by atoms with Gasteiger partial charge in [0.05, 0.1) is 0 Å². The maximum atomic E-state index is 8.23. The predicted octanol–water partition coefficient (Wildman–Crippen LogP) is 2.19. The first-order chi connectivity index (χ1) is 4.83. The van der Waals surface area contributed by atoms with E-state index in [0.717, 1.165) is 19.3 Å². The zero-order valence-corrected chi connectivity index (χ0v) is 6.25. The molecule has 1 aliphatic carbocycles. The molecule has 0 fully saturated rings. The molecule has 0 aromatic heterocycles. The van der Waals surface area contributed by atoms with Gasteiger partial charge in [0.15, 0.2) is 0 Å². The average molecular weight is 139 g/mol. The maximum absolute atomic E-state index is 8.23. The van der Waals surface area contributed by atoms with Crippen molar-refractivity contribution in [2.75, 3.05) is 0 Å². The Morgan fingerprint density at radius 2 is 2.60 bits per heavy atom. The van der Waals surface area contributed by atoms with Gasteiger partial charge in [-0.15, -0.1) is 5.16 Å². The standard InChI is InChI=1S/C8H13NO/c1-7-2-4-8(5-3-7)6-9-10/h2,6,8,10H,3-5H2,1H3. The summed E-state index contributed by atoms with van der Waals surface area (Å²) >= 11 is 0. The van der Waals surface area contributed by atoms with E-state index in [2.05, 4.69) is 18.2 Å². The Bertz CT molecular complexity index is 161. The van der Waals surface area contributed by atoms with E-state index in [-0.39, 0.29) is 0 Å². The van der Waals surface area contributed by atoms with Crippen molar-refractivity contribution in [2.24, 2.45) is 11.1 Å². The molecule has 0 spiro atoms. The quantitative estimate of drug-likeness (QED) is 0.257. The third kappa shape index (κ3) is 1.87. The fraction of sp³-hybridized carbons (Fsp3) is 0.625. The maximum Gasteiger partial charge on any atom is 0.0470 e. The van der Waals surface area contributed by atoms with Crippen LogP contribution in [0.4, 0.5) is 0 Å². The van der Waals surface area contributed by atoms with Gasteiger partial charge in [-0.1, -0.05) is 11.6 Å². The van der Waals surface area contributed by atoms with Gasteiger partial charge in [0.25, 0.3) is 0 Å². The number of oxime groups is 1. The van der Waals surface area contributed by atoms with Crippen LogP contribution in [0.3, 0.4) is 0 Å². The van der Waals surface area contributed by atoms with Crippen molar-refractivity contribution in [1.82, 2.24) is 0 Å². The summed E-state index contributed by atoms with van der Waals surface area (Å²) in [6.07, 6.45) is 7.16. The molecule has 2 heteroatoms. The first-order valence-corrected chi connectivity index (χ1v) is 3.66. The predicted molar refractivity (Wildman–Crippen MR) is 41.4 cm³/mol. The number of hydrogen-bond donors (Lipinski definition) is 1. The minimum Gasteiger partial charge on any atom is -0.411 e. The molecule has 1 unspecified atom stereocenters. The second-order valence-corrected chi connectivity index (χ2v) is 2.85. The first-order valence-electron chi connectivity index (χ1n) is 3.66. The molecule has 2 nitrogen and oxygen atoms in total. The zero-order chi connectivity index (χ0) is 7.40. The van der Waals surface area contributed by atoms with Gasteiger partial charge < -0.3 is 5.21 Å². The van der Waals surface area contributed by atoms with Crippen LogP contribution < -0.4 is 0 Å². The van der Waals surface area contributed by atoms with Gasteiger partial charge in [0.2, 0.25) is 0 Å². The molecule has 0 heterocycles. The lowest BCUT2D eigenvalue weighted by Gasteiger charge is -2.14. The van der Waals surface area contributed by atoms with Crippen molar-refractivity contribution < 1.29 is 5.21 Å². The summed E-state index contributed by atoms with van der Waals surface area (Å²) < 4.78 is 0. The van der Waals surface area contributed by atoms with Gasteiger partial charge in [-0.25, -0.2) is 0 Å². The van der Waals surface area contributed by atoms with E-state index in [0.29, 0.717) is 5.92 Å². The molecule has 0 radical (unpaired) electrons. The van der Waals surface area contributed by atoms with Crippen LogP contribution in [0.5, 0.6) is 0 Å². The summed E-state index contributed by atoms with van der Waals surface area (Å²) in [4.78, 5) is 0. The summed E-state index contributed by atoms with van der Waals surface area (Å²) in [6.45, 7) is 2.15. The summed E-state index contributed by atoms with van der Waals surface area (Å²) in [5.74, 6) is 0.466. The average Bonchev–Trinajstić information content (AvgIpc) is 1.95. The van der Waals surface area contributed by atoms with Crippen molar-refractivity contribution >= 4 is 6.21 Å². The van der Waals surface area contributed by atoms with Crippen LogP contribution in [-0.4, -0.2) is 11.4 Å². The SMILES string of the molecule is CC1=CCC(C=NO)CC1. The molecule has 0 saturated heterocycles. The number of allylic oxidation sites excluding steroid dienone is 2. The van der Waals surface area contributed by atoms with Crippen LogP contribution in [0.1, 0.15) is 26.2 Å². The van der Waals surface area contributed by atoms with Crippen molar-refractivity contribution in [2.45, 2.75) is 26.2 Å². The monoisotopic (exact) mass is 139 g/mol. The highest BCUT2D eigenvalue weighted by molar-refractivity contribution is 5.60. The molecule has 0 amide bonds. The Balaban J connectivity index is 2.42. The molecule has 1 atom stereocenters. The van der Waals surface area contributed by atoms with Crippen LogP contribution in [0, 0.1) is 5.92 Å². The van der Waals surface area contributed by atoms with Crippen LogP contribution >= 0.6 is 0 Å². The molecule has 0 aromatic rings. The van der Waals surface area contributed by atoms with E-state index in [1.807, 2.05) is 0 Å². The van der Waals surface area contributed by atoms with E-state index >= 15 is 0 Å². The van der Waals surface area contributed by atoms with E-state index < -0.39 is 0 Å². The molecule has 0 bridgehead atoms. The molecule has 1 rings (SSSR count). The molecule has 0 aromatic carbocycles. The number of hydrogen-bond acceptors (Lipinski definition) is 2. The van der Waals surface area contributed by atoms with E-state index in [1.54, 1.807) is 6.21 Å². The Hall–Kier alpha value is -0.790. The third-order valence-corrected chi connectivity index (χ3v) is 1.96. The van der Waals surface area contributed by atoms with Crippen molar-refractivity contribution in [3.05, 3.63) is 11.6 Å². The summed E-state index contributed by atoms with van der Waals surface area (Å²) in [5.41, 5.74) is 1.46. The number of nitrogens with zero attached hydrogens (tertiary/aromatic N) is 1. The number of rotatable bonds is 1. The topological polar surface area (TPSA) is 32.6 Å². The highest BCUT2D eigenvalue weighted by Gasteiger charge is 2.09. The van der Waals surface area contributed by atoms with Crippen molar-refractivity contribution in [3.8, 4) is 0 Å². The highest BCUT2D eigenvalue weighted by atomic mass is 16.4. The molecule has 0 saturated carbocycles. The van der Waals surface area contributed by atoms with Crippen LogP contribution in [0.2, 0.25) is 0 Å². The van der Waals surface area contributed by atoms with Gasteiger partial charge in [0.1, 0.15) is 0 Å². The molecular weight excluding hydrogens is 126 g/mol. The highest BCUT2D eigenvalue weighted by Crippen LogP contribution is 2.21. The summed E-state index contributed by atoms with van der Waals surface area (Å²) in [7, 11) is 0. The van der Waals surface area contributed by atoms with Crippen molar-refractivity contribution in [1.29, 1.82) is 0 Å². The first kappa shape index (κ1) is 7.32. The summed E-state index contributed by atoms with van der Waals surface area (Å²) in [5, 5.41) is 11.3. The van der Waals surface area contributed by atoms with E-state index in [9.17, 15) is 0 Å². The lowest BCUT2D eigenvalue weighted by Crippen LogP contribution is -2.05. The van der Waals surface area contributed by atoms with Crippen LogP contribution in [0.15, 0.2) is 16.8 Å². The van der Waals surface area contributed by atoms with Crippen LogP contribution in [-0.2, 0) is 0 Å². The fourth-order valence-corrected chi connectivity index (χ4v) is 1.22. The Morgan fingerprint density at radius 1 is 1.80 bits per heavy atom. The molecule has 10 heavy (non-hydrogen) atoms. The third-order valence-electron chi connectivity index (χ3n) is 1.96. The van der Waals surface area contributed by atoms with Gasteiger partial charge in [-0.3, -0.25) is 0 Å². The minimum absolute atomic E-state index is 0.466. The minimum atomic E-state index is 0.466. The molecule has 56 valence electrons. The lowest BCUT2D eigenvalue weighted by molar-refractivity contribution is 0.317. The van der Waals surface area contributed by atoms with Crippen molar-refractivity contribution in [3.63, 3.8) is 0 Å². The normalized spacial score (nSPS) is 26.9. The fourth-order valence-electron chi connectivity index (χ4n) is 1.22.